The fourth-order valence-corrected chi connectivity index (χ4v) is 6.45. The lowest BCUT2D eigenvalue weighted by Gasteiger charge is -2.35. The van der Waals surface area contributed by atoms with E-state index in [1.54, 1.807) is 4.98 Å². The molecule has 0 spiro atoms. The summed E-state index contributed by atoms with van der Waals surface area (Å²) in [5, 5.41) is 13.2. The average Bonchev–Trinajstić information content (AvgIpc) is 3.71. The van der Waals surface area contributed by atoms with E-state index in [1.165, 1.54) is 6.07 Å². The van der Waals surface area contributed by atoms with E-state index in [4.69, 9.17) is 27.9 Å². The quantitative estimate of drug-likeness (QED) is 0.302. The van der Waals surface area contributed by atoms with Gasteiger partial charge in [0.05, 0.1) is 15.7 Å². The predicted molar refractivity (Wildman–Crippen MR) is 143 cm³/mol. The Hall–Kier alpha value is -3.33. The van der Waals surface area contributed by atoms with Gasteiger partial charge in [-0.2, -0.15) is 9.78 Å². The number of phenolic OH excluding ortho intramolecular Hbond substituents is 1. The number of sulfonamides is 1. The molecule has 0 radical (unpaired) electrons. The van der Waals surface area contributed by atoms with Crippen LogP contribution in [0.2, 0.25) is 10.0 Å². The number of H-pyrrole nitrogens is 1. The summed E-state index contributed by atoms with van der Waals surface area (Å²) in [5.41, 5.74) is -3.81. The molecule has 41 heavy (non-hydrogen) atoms. The lowest BCUT2D eigenvalue weighted by Crippen LogP contribution is -2.44. The molecule has 0 unspecified atom stereocenters. The standard InChI is InChI=1S/C25H22Cl2F2N4O7S/c26-16-8-14(33-25(37)30-24(36)21(31-33)23(28)29)9-17(27)22(16)40-15-3-4-18(34)20(10-15)41(38,39)32-13-5-11(6-13)7-19(35)12-1-2-12/h3-4,8-13,23,32,34H,1-2,5-7H2,(H,30,36,37). The van der Waals surface area contributed by atoms with Crippen molar-refractivity contribution in [3.63, 3.8) is 0 Å². The topological polar surface area (TPSA) is 160 Å². The molecule has 2 aromatic carbocycles. The van der Waals surface area contributed by atoms with Gasteiger partial charge in [0.1, 0.15) is 22.2 Å². The van der Waals surface area contributed by atoms with Crippen molar-refractivity contribution in [2.24, 2.45) is 11.8 Å². The third kappa shape index (κ3) is 6.30. The Bertz CT molecular complexity index is 1730. The molecule has 5 rings (SSSR count). The zero-order valence-electron chi connectivity index (χ0n) is 20.9. The SMILES string of the molecule is O=C(CC1CC(NS(=O)(=O)c2cc(Oc3c(Cl)cc(-n4nc(C(F)F)c(=O)[nH]c4=O)cc3Cl)ccc2O)C1)C1CC1. The van der Waals surface area contributed by atoms with Crippen LogP contribution in [0.4, 0.5) is 8.78 Å². The van der Waals surface area contributed by atoms with E-state index in [0.717, 1.165) is 37.1 Å². The molecule has 0 atom stereocenters. The number of nitrogens with zero attached hydrogens (tertiary/aromatic N) is 2. The van der Waals surface area contributed by atoms with Gasteiger partial charge in [0.2, 0.25) is 10.0 Å². The Morgan fingerprint density at radius 1 is 1.17 bits per heavy atom. The highest BCUT2D eigenvalue weighted by Crippen LogP contribution is 2.40. The molecule has 2 fully saturated rings. The van der Waals surface area contributed by atoms with Crippen LogP contribution in [0, 0.1) is 11.8 Å². The second-order valence-electron chi connectivity index (χ2n) is 9.93. The molecule has 3 aromatic rings. The zero-order chi connectivity index (χ0) is 29.6. The normalized spacial score (nSPS) is 18.8. The Morgan fingerprint density at radius 2 is 1.83 bits per heavy atom. The summed E-state index contributed by atoms with van der Waals surface area (Å²) in [6.45, 7) is 0. The van der Waals surface area contributed by atoms with Gasteiger partial charge in [0, 0.05) is 24.4 Å². The Labute approximate surface area is 241 Å². The van der Waals surface area contributed by atoms with E-state index < -0.39 is 44.0 Å². The monoisotopic (exact) mass is 630 g/mol. The molecule has 11 nitrogen and oxygen atoms in total. The van der Waals surface area contributed by atoms with Gasteiger partial charge in [-0.15, -0.1) is 0 Å². The lowest BCUT2D eigenvalue weighted by molar-refractivity contribution is -0.121. The van der Waals surface area contributed by atoms with Crippen molar-refractivity contribution in [1.82, 2.24) is 19.5 Å². The molecule has 2 aliphatic carbocycles. The van der Waals surface area contributed by atoms with Crippen molar-refractivity contribution in [2.45, 2.75) is 49.5 Å². The summed E-state index contributed by atoms with van der Waals surface area (Å²) in [6.07, 6.45) is 0.0629. The summed E-state index contributed by atoms with van der Waals surface area (Å²) in [7, 11) is -4.17. The Morgan fingerprint density at radius 3 is 2.44 bits per heavy atom. The molecule has 0 amide bonds. The van der Waals surface area contributed by atoms with Gasteiger partial charge < -0.3 is 9.84 Å². The van der Waals surface area contributed by atoms with Gasteiger partial charge in [-0.3, -0.25) is 14.6 Å². The van der Waals surface area contributed by atoms with Gasteiger partial charge in [-0.1, -0.05) is 23.2 Å². The highest BCUT2D eigenvalue weighted by Gasteiger charge is 2.38. The van der Waals surface area contributed by atoms with E-state index >= 15 is 0 Å². The van der Waals surface area contributed by atoms with Crippen molar-refractivity contribution in [3.05, 3.63) is 66.9 Å². The van der Waals surface area contributed by atoms with Crippen molar-refractivity contribution >= 4 is 39.0 Å². The van der Waals surface area contributed by atoms with E-state index in [9.17, 15) is 36.7 Å². The zero-order valence-corrected chi connectivity index (χ0v) is 23.3. The Kier molecular flexibility index (Phi) is 7.94. The number of rotatable bonds is 10. The van der Waals surface area contributed by atoms with Crippen molar-refractivity contribution in [1.29, 1.82) is 0 Å². The van der Waals surface area contributed by atoms with Crippen LogP contribution in [0.25, 0.3) is 5.69 Å². The summed E-state index contributed by atoms with van der Waals surface area (Å²) in [6, 6.07) is 5.28. The summed E-state index contributed by atoms with van der Waals surface area (Å²) in [4.78, 5) is 37.0. The first kappa shape index (κ1) is 29.2. The number of aromatic nitrogens is 3. The minimum atomic E-state index is -4.17. The number of carbonyl (C=O) groups excluding carboxylic acids is 1. The first-order valence-electron chi connectivity index (χ1n) is 12.4. The van der Waals surface area contributed by atoms with Crippen molar-refractivity contribution < 1.29 is 31.8 Å². The highest BCUT2D eigenvalue weighted by molar-refractivity contribution is 7.89. The first-order valence-corrected chi connectivity index (χ1v) is 14.6. The lowest BCUT2D eigenvalue weighted by atomic mass is 9.77. The molecular formula is C25H22Cl2F2N4O7S. The van der Waals surface area contributed by atoms with E-state index in [2.05, 4.69) is 9.82 Å². The van der Waals surface area contributed by atoms with Crippen LogP contribution in [0.15, 0.2) is 44.8 Å². The second-order valence-corrected chi connectivity index (χ2v) is 12.4. The van der Waals surface area contributed by atoms with Crippen molar-refractivity contribution in [3.8, 4) is 22.9 Å². The maximum Gasteiger partial charge on any atom is 0.349 e. The number of alkyl halides is 2. The van der Waals surface area contributed by atoms with Gasteiger partial charge in [0.15, 0.2) is 11.4 Å². The van der Waals surface area contributed by atoms with Crippen LogP contribution in [0.3, 0.4) is 0 Å². The number of hydrogen-bond acceptors (Lipinski definition) is 8. The van der Waals surface area contributed by atoms with Gasteiger partial charge in [0.25, 0.3) is 12.0 Å². The van der Waals surface area contributed by atoms with Crippen molar-refractivity contribution in [2.75, 3.05) is 0 Å². The van der Waals surface area contributed by atoms with Crippen LogP contribution in [-0.4, -0.2) is 40.1 Å². The largest absolute Gasteiger partial charge is 0.507 e. The number of nitrogens with one attached hydrogen (secondary N) is 2. The highest BCUT2D eigenvalue weighted by atomic mass is 35.5. The van der Waals surface area contributed by atoms with Crippen LogP contribution >= 0.6 is 23.2 Å². The molecule has 0 saturated heterocycles. The number of aromatic amines is 1. The number of carbonyl (C=O) groups is 1. The first-order chi connectivity index (χ1) is 19.3. The second kappa shape index (κ2) is 11.2. The number of halogens is 4. The molecule has 1 heterocycles. The predicted octanol–water partition coefficient (Wildman–Crippen LogP) is 4.09. The minimum absolute atomic E-state index is 0.0689. The number of hydrogen-bond donors (Lipinski definition) is 3. The number of Topliss-reactive ketones (excluding diaryl/α,β-unsaturated/α-hetero) is 1. The third-order valence-electron chi connectivity index (χ3n) is 6.81. The molecule has 1 aromatic heterocycles. The fraction of sp³-hybridized carbons (Fsp3) is 0.360. The van der Waals surface area contributed by atoms with E-state index in [0.29, 0.717) is 23.9 Å². The van der Waals surface area contributed by atoms with E-state index in [-0.39, 0.29) is 50.9 Å². The van der Waals surface area contributed by atoms with Gasteiger partial charge in [-0.25, -0.2) is 26.7 Å². The van der Waals surface area contributed by atoms with Crippen LogP contribution in [0.5, 0.6) is 17.2 Å². The summed E-state index contributed by atoms with van der Waals surface area (Å²) in [5.74, 6) is -0.270. The minimum Gasteiger partial charge on any atom is -0.507 e. The molecule has 0 bridgehead atoms. The van der Waals surface area contributed by atoms with Crippen LogP contribution in [0.1, 0.15) is 44.2 Å². The van der Waals surface area contributed by atoms with Crippen LogP contribution in [-0.2, 0) is 14.8 Å². The number of ketones is 1. The van der Waals surface area contributed by atoms with Gasteiger partial charge in [-0.05, 0) is 55.9 Å². The van der Waals surface area contributed by atoms with E-state index in [1.807, 2.05) is 0 Å². The molecule has 16 heteroatoms. The fourth-order valence-electron chi connectivity index (χ4n) is 4.53. The molecular weight excluding hydrogens is 609 g/mol. The molecule has 218 valence electrons. The number of benzene rings is 2. The average molecular weight is 631 g/mol. The smallest absolute Gasteiger partial charge is 0.349 e. The summed E-state index contributed by atoms with van der Waals surface area (Å²) >= 11 is 12.5. The van der Waals surface area contributed by atoms with Gasteiger partial charge >= 0.3 is 5.69 Å². The molecule has 2 aliphatic rings. The number of phenols is 1. The molecule has 3 N–H and O–H groups in total. The molecule has 2 saturated carbocycles. The summed E-state index contributed by atoms with van der Waals surface area (Å²) < 4.78 is 60.9. The third-order valence-corrected chi connectivity index (χ3v) is 8.92. The molecule has 0 aliphatic heterocycles. The Balaban J connectivity index is 1.33. The van der Waals surface area contributed by atoms with Crippen LogP contribution < -0.4 is 20.7 Å². The number of ether oxygens (including phenoxy) is 1. The number of aromatic hydroxyl groups is 1. The maximum atomic E-state index is 13.1. The maximum absolute atomic E-state index is 13.1.